The molecule has 1 N–H and O–H groups in total. The molecule has 2 aromatic rings. The Labute approximate surface area is 127 Å². The molecule has 0 spiro atoms. The van der Waals surface area contributed by atoms with Gasteiger partial charge in [-0.1, -0.05) is 6.07 Å². The highest BCUT2D eigenvalue weighted by molar-refractivity contribution is 5.88. The van der Waals surface area contributed by atoms with Gasteiger partial charge in [0.2, 0.25) is 0 Å². The number of pyridine rings is 1. The van der Waals surface area contributed by atoms with Crippen molar-refractivity contribution < 1.29 is 19.4 Å². The van der Waals surface area contributed by atoms with Crippen molar-refractivity contribution in [3.63, 3.8) is 0 Å². The van der Waals surface area contributed by atoms with E-state index in [0.717, 1.165) is 5.56 Å². The quantitative estimate of drug-likeness (QED) is 0.913. The first-order valence-corrected chi connectivity index (χ1v) is 6.62. The minimum Gasteiger partial charge on any atom is -0.493 e. The maximum atomic E-state index is 12.2. The predicted octanol–water partition coefficient (Wildman–Crippen LogP) is 1.92. The summed E-state index contributed by atoms with van der Waals surface area (Å²) in [6, 6.07) is 6.91. The molecule has 0 unspecified atom stereocenters. The fraction of sp³-hybridized carbons (Fsp3) is 0.250. The van der Waals surface area contributed by atoms with E-state index in [9.17, 15) is 9.59 Å². The number of hydrogen-bond donors (Lipinski definition) is 1. The molecular formula is C16H17NO5. The fourth-order valence-corrected chi connectivity index (χ4v) is 2.23. The Bertz CT molecular complexity index is 764. The van der Waals surface area contributed by atoms with Crippen molar-refractivity contribution in [2.45, 2.75) is 13.5 Å². The largest absolute Gasteiger partial charge is 0.493 e. The molecule has 0 aliphatic heterocycles. The number of hydrogen-bond acceptors (Lipinski definition) is 4. The predicted molar refractivity (Wildman–Crippen MR) is 81.0 cm³/mol. The number of carboxylic acid groups (broad SMARTS) is 1. The topological polar surface area (TPSA) is 77.8 Å². The molecule has 0 saturated heterocycles. The Kier molecular flexibility index (Phi) is 4.50. The summed E-state index contributed by atoms with van der Waals surface area (Å²) >= 11 is 0. The molecule has 0 fully saturated rings. The van der Waals surface area contributed by atoms with E-state index in [1.807, 2.05) is 0 Å². The average molecular weight is 303 g/mol. The molecule has 116 valence electrons. The van der Waals surface area contributed by atoms with Gasteiger partial charge in [0.1, 0.15) is 5.56 Å². The lowest BCUT2D eigenvalue weighted by atomic mass is 10.1. The van der Waals surface area contributed by atoms with Crippen molar-refractivity contribution >= 4 is 5.97 Å². The number of benzene rings is 1. The molecule has 0 saturated carbocycles. The van der Waals surface area contributed by atoms with Crippen LogP contribution in [0.3, 0.4) is 0 Å². The number of carboxylic acids is 1. The zero-order chi connectivity index (χ0) is 16.3. The van der Waals surface area contributed by atoms with Crippen LogP contribution < -0.4 is 15.0 Å². The van der Waals surface area contributed by atoms with Gasteiger partial charge < -0.3 is 19.1 Å². The number of aromatic nitrogens is 1. The van der Waals surface area contributed by atoms with Crippen molar-refractivity contribution in [2.24, 2.45) is 0 Å². The number of aryl methyl sites for hydroxylation is 1. The Hall–Kier alpha value is -2.76. The van der Waals surface area contributed by atoms with Crippen LogP contribution in [-0.2, 0) is 6.54 Å². The third kappa shape index (κ3) is 2.95. The van der Waals surface area contributed by atoms with Crippen molar-refractivity contribution in [1.29, 1.82) is 0 Å². The molecule has 1 aromatic carbocycles. The van der Waals surface area contributed by atoms with Crippen LogP contribution in [0.15, 0.2) is 35.3 Å². The summed E-state index contributed by atoms with van der Waals surface area (Å²) < 4.78 is 11.7. The molecule has 0 radical (unpaired) electrons. The number of methoxy groups -OCH3 is 2. The second-order valence-corrected chi connectivity index (χ2v) is 4.80. The summed E-state index contributed by atoms with van der Waals surface area (Å²) in [5.74, 6) is -0.0727. The molecule has 0 amide bonds. The van der Waals surface area contributed by atoms with Crippen LogP contribution in [0.1, 0.15) is 21.5 Å². The van der Waals surface area contributed by atoms with Gasteiger partial charge in [0, 0.05) is 6.20 Å². The van der Waals surface area contributed by atoms with Crippen LogP contribution in [0.2, 0.25) is 0 Å². The summed E-state index contributed by atoms with van der Waals surface area (Å²) in [6.07, 6.45) is 1.58. The third-order valence-corrected chi connectivity index (χ3v) is 3.39. The van der Waals surface area contributed by atoms with Gasteiger partial charge >= 0.3 is 5.97 Å². The molecule has 6 heteroatoms. The molecule has 0 aliphatic rings. The molecule has 0 atom stereocenters. The van der Waals surface area contributed by atoms with E-state index in [0.29, 0.717) is 17.1 Å². The highest BCUT2D eigenvalue weighted by atomic mass is 16.5. The van der Waals surface area contributed by atoms with Crippen molar-refractivity contribution in [3.8, 4) is 11.5 Å². The summed E-state index contributed by atoms with van der Waals surface area (Å²) in [5, 5.41) is 9.14. The monoisotopic (exact) mass is 303 g/mol. The summed E-state index contributed by atoms with van der Waals surface area (Å²) in [6.45, 7) is 1.85. The van der Waals surface area contributed by atoms with Gasteiger partial charge in [-0.05, 0) is 36.2 Å². The summed E-state index contributed by atoms with van der Waals surface area (Å²) in [7, 11) is 3.07. The smallest absolute Gasteiger partial charge is 0.341 e. The van der Waals surface area contributed by atoms with E-state index in [1.54, 1.807) is 44.5 Å². The van der Waals surface area contributed by atoms with Crippen molar-refractivity contribution in [3.05, 3.63) is 57.5 Å². The minimum atomic E-state index is -1.22. The van der Waals surface area contributed by atoms with Crippen molar-refractivity contribution in [2.75, 3.05) is 14.2 Å². The fourth-order valence-electron chi connectivity index (χ4n) is 2.23. The summed E-state index contributed by atoms with van der Waals surface area (Å²) in [4.78, 5) is 23.4. The molecule has 1 heterocycles. The number of ether oxygens (including phenoxy) is 2. The van der Waals surface area contributed by atoms with E-state index >= 15 is 0 Å². The minimum absolute atomic E-state index is 0.206. The van der Waals surface area contributed by atoms with Crippen LogP contribution in [0.5, 0.6) is 11.5 Å². The van der Waals surface area contributed by atoms with E-state index in [1.165, 1.54) is 11.7 Å². The van der Waals surface area contributed by atoms with E-state index in [-0.39, 0.29) is 12.1 Å². The molecule has 22 heavy (non-hydrogen) atoms. The van der Waals surface area contributed by atoms with Gasteiger partial charge in [0.05, 0.1) is 20.8 Å². The lowest BCUT2D eigenvalue weighted by Gasteiger charge is -2.12. The number of rotatable bonds is 5. The zero-order valence-corrected chi connectivity index (χ0v) is 12.6. The molecular weight excluding hydrogens is 286 g/mol. The van der Waals surface area contributed by atoms with E-state index < -0.39 is 11.5 Å². The average Bonchev–Trinajstić information content (AvgIpc) is 2.49. The van der Waals surface area contributed by atoms with Crippen LogP contribution in [0.25, 0.3) is 0 Å². The standard InChI is InChI=1S/C16H17NO5/c1-10-6-7-17(15(18)14(10)16(19)20)9-11-4-5-12(21-2)13(8-11)22-3/h4-8H,9H2,1-3H3,(H,19,20). The number of aromatic carboxylic acids is 1. The number of nitrogens with zero attached hydrogens (tertiary/aromatic N) is 1. The molecule has 2 rings (SSSR count). The Morgan fingerprint density at radius 3 is 2.45 bits per heavy atom. The van der Waals surface area contributed by atoms with Crippen LogP contribution in [0.4, 0.5) is 0 Å². The Morgan fingerprint density at radius 2 is 1.86 bits per heavy atom. The van der Waals surface area contributed by atoms with E-state index in [4.69, 9.17) is 14.6 Å². The second kappa shape index (κ2) is 6.34. The Morgan fingerprint density at radius 1 is 1.18 bits per heavy atom. The van der Waals surface area contributed by atoms with E-state index in [2.05, 4.69) is 0 Å². The lowest BCUT2D eigenvalue weighted by molar-refractivity contribution is 0.0693. The van der Waals surface area contributed by atoms with Crippen LogP contribution in [-0.4, -0.2) is 29.9 Å². The van der Waals surface area contributed by atoms with Gasteiger partial charge in [-0.15, -0.1) is 0 Å². The first-order valence-electron chi connectivity index (χ1n) is 6.62. The lowest BCUT2D eigenvalue weighted by Crippen LogP contribution is -2.27. The molecule has 6 nitrogen and oxygen atoms in total. The third-order valence-electron chi connectivity index (χ3n) is 3.39. The Balaban J connectivity index is 2.42. The number of carbonyl (C=O) groups is 1. The molecule has 1 aromatic heterocycles. The maximum Gasteiger partial charge on any atom is 0.341 e. The summed E-state index contributed by atoms with van der Waals surface area (Å²) in [5.41, 5.74) is 0.520. The van der Waals surface area contributed by atoms with Crippen molar-refractivity contribution in [1.82, 2.24) is 4.57 Å². The van der Waals surface area contributed by atoms with Gasteiger partial charge in [-0.25, -0.2) is 4.79 Å². The van der Waals surface area contributed by atoms with Gasteiger partial charge in [-0.3, -0.25) is 4.79 Å². The zero-order valence-electron chi connectivity index (χ0n) is 12.6. The highest BCUT2D eigenvalue weighted by Gasteiger charge is 2.14. The first-order chi connectivity index (χ1) is 10.5. The second-order valence-electron chi connectivity index (χ2n) is 4.80. The SMILES string of the molecule is COc1ccc(Cn2ccc(C)c(C(=O)O)c2=O)cc1OC. The van der Waals surface area contributed by atoms with Crippen LogP contribution in [0, 0.1) is 6.92 Å². The van der Waals surface area contributed by atoms with Crippen LogP contribution >= 0.6 is 0 Å². The highest BCUT2D eigenvalue weighted by Crippen LogP contribution is 2.27. The van der Waals surface area contributed by atoms with Gasteiger partial charge in [0.25, 0.3) is 5.56 Å². The van der Waals surface area contributed by atoms with Gasteiger partial charge in [-0.2, -0.15) is 0 Å². The first kappa shape index (κ1) is 15.6. The molecule has 0 aliphatic carbocycles. The maximum absolute atomic E-state index is 12.2. The normalized spacial score (nSPS) is 10.3. The molecule has 0 bridgehead atoms. The van der Waals surface area contributed by atoms with Gasteiger partial charge in [0.15, 0.2) is 11.5 Å².